The highest BCUT2D eigenvalue weighted by atomic mass is 35.5. The SMILES string of the molecule is Cc1nc(N2CCN(C(=O)c3cc(Cl)sc3Cl)CC2)cc(-n2cnc(C)c2C)n1. The van der Waals surface area contributed by atoms with E-state index in [1.807, 2.05) is 31.4 Å². The molecular formula is C19H20Cl2N6OS. The number of rotatable bonds is 3. The first-order valence-corrected chi connectivity index (χ1v) is 10.8. The molecule has 0 unspecified atom stereocenters. The van der Waals surface area contributed by atoms with E-state index in [0.717, 1.165) is 23.0 Å². The summed E-state index contributed by atoms with van der Waals surface area (Å²) in [5.41, 5.74) is 2.50. The van der Waals surface area contributed by atoms with Crippen LogP contribution in [0.1, 0.15) is 27.6 Å². The number of halogens is 2. The first-order valence-electron chi connectivity index (χ1n) is 9.19. The van der Waals surface area contributed by atoms with E-state index < -0.39 is 0 Å². The van der Waals surface area contributed by atoms with Crippen molar-refractivity contribution < 1.29 is 4.79 Å². The van der Waals surface area contributed by atoms with Gasteiger partial charge in [-0.2, -0.15) is 0 Å². The summed E-state index contributed by atoms with van der Waals surface area (Å²) in [6.45, 7) is 8.41. The molecule has 0 saturated carbocycles. The molecule has 29 heavy (non-hydrogen) atoms. The van der Waals surface area contributed by atoms with Crippen molar-refractivity contribution in [3.63, 3.8) is 0 Å². The van der Waals surface area contributed by atoms with Gasteiger partial charge in [0.25, 0.3) is 5.91 Å². The van der Waals surface area contributed by atoms with E-state index in [0.29, 0.717) is 46.2 Å². The smallest absolute Gasteiger partial charge is 0.256 e. The van der Waals surface area contributed by atoms with Gasteiger partial charge in [0.15, 0.2) is 0 Å². The third-order valence-corrected chi connectivity index (χ3v) is 6.58. The van der Waals surface area contributed by atoms with Crippen molar-refractivity contribution in [2.24, 2.45) is 0 Å². The van der Waals surface area contributed by atoms with Crippen LogP contribution >= 0.6 is 34.5 Å². The highest BCUT2D eigenvalue weighted by molar-refractivity contribution is 7.20. The number of piperazine rings is 1. The number of hydrogen-bond acceptors (Lipinski definition) is 6. The van der Waals surface area contributed by atoms with Crippen LogP contribution < -0.4 is 4.90 Å². The lowest BCUT2D eigenvalue weighted by atomic mass is 10.2. The summed E-state index contributed by atoms with van der Waals surface area (Å²) >= 11 is 13.3. The summed E-state index contributed by atoms with van der Waals surface area (Å²) < 4.78 is 2.92. The van der Waals surface area contributed by atoms with Crippen LogP contribution in [-0.2, 0) is 0 Å². The van der Waals surface area contributed by atoms with Gasteiger partial charge in [-0.15, -0.1) is 11.3 Å². The number of aromatic nitrogens is 4. The zero-order chi connectivity index (χ0) is 20.7. The van der Waals surface area contributed by atoms with Crippen LogP contribution in [-0.4, -0.2) is 56.5 Å². The molecule has 0 aromatic carbocycles. The normalized spacial score (nSPS) is 14.5. The largest absolute Gasteiger partial charge is 0.353 e. The van der Waals surface area contributed by atoms with Gasteiger partial charge < -0.3 is 9.80 Å². The Morgan fingerprint density at radius 2 is 1.72 bits per heavy atom. The number of thiophene rings is 1. The Morgan fingerprint density at radius 3 is 2.31 bits per heavy atom. The van der Waals surface area contributed by atoms with Crippen molar-refractivity contribution in [3.05, 3.63) is 49.9 Å². The molecule has 1 fully saturated rings. The number of carbonyl (C=O) groups is 1. The van der Waals surface area contributed by atoms with E-state index in [1.54, 1.807) is 17.3 Å². The molecule has 10 heteroatoms. The number of amides is 1. The molecule has 4 rings (SSSR count). The number of anilines is 1. The van der Waals surface area contributed by atoms with E-state index in [2.05, 4.69) is 19.9 Å². The average molecular weight is 451 g/mol. The number of imidazole rings is 1. The van der Waals surface area contributed by atoms with Crippen molar-refractivity contribution in [2.75, 3.05) is 31.1 Å². The molecule has 1 saturated heterocycles. The molecule has 3 aromatic rings. The van der Waals surface area contributed by atoms with Gasteiger partial charge in [0.05, 0.1) is 15.6 Å². The molecule has 0 atom stereocenters. The molecule has 0 N–H and O–H groups in total. The monoisotopic (exact) mass is 450 g/mol. The van der Waals surface area contributed by atoms with E-state index in [9.17, 15) is 4.79 Å². The van der Waals surface area contributed by atoms with Crippen molar-refractivity contribution in [1.29, 1.82) is 0 Å². The summed E-state index contributed by atoms with van der Waals surface area (Å²) in [5, 5.41) is 0. The highest BCUT2D eigenvalue weighted by Gasteiger charge is 2.26. The maximum absolute atomic E-state index is 12.7. The van der Waals surface area contributed by atoms with Gasteiger partial charge >= 0.3 is 0 Å². The van der Waals surface area contributed by atoms with Crippen LogP contribution in [0.2, 0.25) is 8.67 Å². The lowest BCUT2D eigenvalue weighted by Gasteiger charge is -2.35. The number of hydrogen-bond donors (Lipinski definition) is 0. The van der Waals surface area contributed by atoms with Crippen molar-refractivity contribution in [1.82, 2.24) is 24.4 Å². The van der Waals surface area contributed by atoms with Gasteiger partial charge in [-0.1, -0.05) is 23.2 Å². The van der Waals surface area contributed by atoms with Crippen molar-refractivity contribution in [3.8, 4) is 5.82 Å². The Labute approximate surface area is 182 Å². The minimum atomic E-state index is -0.0816. The fourth-order valence-corrected chi connectivity index (χ4v) is 4.79. The number of nitrogens with zero attached hydrogens (tertiary/aromatic N) is 6. The second-order valence-corrected chi connectivity index (χ2v) is 9.22. The number of carbonyl (C=O) groups excluding carboxylic acids is 1. The summed E-state index contributed by atoms with van der Waals surface area (Å²) in [6.07, 6.45) is 1.78. The summed E-state index contributed by atoms with van der Waals surface area (Å²) in [7, 11) is 0. The van der Waals surface area contributed by atoms with E-state index in [1.165, 1.54) is 11.3 Å². The second kappa shape index (κ2) is 7.93. The fourth-order valence-electron chi connectivity index (χ4n) is 3.35. The zero-order valence-electron chi connectivity index (χ0n) is 16.3. The Bertz CT molecular complexity index is 1070. The molecule has 152 valence electrons. The quantitative estimate of drug-likeness (QED) is 0.604. The van der Waals surface area contributed by atoms with Crippen LogP contribution in [0.25, 0.3) is 5.82 Å². The molecule has 1 aliphatic rings. The maximum Gasteiger partial charge on any atom is 0.256 e. The summed E-state index contributed by atoms with van der Waals surface area (Å²) in [4.78, 5) is 30.2. The molecular weight excluding hydrogens is 431 g/mol. The van der Waals surface area contributed by atoms with Crippen LogP contribution in [0.15, 0.2) is 18.5 Å². The maximum atomic E-state index is 12.7. The van der Waals surface area contributed by atoms with Gasteiger partial charge in [-0.3, -0.25) is 9.36 Å². The molecule has 0 spiro atoms. The predicted octanol–water partition coefficient (Wildman–Crippen LogP) is 3.92. The minimum Gasteiger partial charge on any atom is -0.353 e. The minimum absolute atomic E-state index is 0.0816. The standard InChI is InChI=1S/C19H20Cl2N6OS/c1-11-12(2)27(10-22-11)17-9-16(23-13(3)24-17)25-4-6-26(7-5-25)19(28)14-8-15(20)29-18(14)21/h8-10H,4-7H2,1-3H3. The zero-order valence-corrected chi connectivity index (χ0v) is 18.6. The van der Waals surface area contributed by atoms with Crippen LogP contribution in [0.3, 0.4) is 0 Å². The van der Waals surface area contributed by atoms with Crippen LogP contribution in [0.5, 0.6) is 0 Å². The highest BCUT2D eigenvalue weighted by Crippen LogP contribution is 2.32. The molecule has 0 bridgehead atoms. The van der Waals surface area contributed by atoms with Crippen molar-refractivity contribution >= 4 is 46.3 Å². The lowest BCUT2D eigenvalue weighted by Crippen LogP contribution is -2.49. The summed E-state index contributed by atoms with van der Waals surface area (Å²) in [6, 6.07) is 3.60. The fraction of sp³-hybridized carbons (Fsp3) is 0.368. The topological polar surface area (TPSA) is 67.2 Å². The van der Waals surface area contributed by atoms with Gasteiger partial charge in [0.1, 0.15) is 28.1 Å². The van der Waals surface area contributed by atoms with E-state index >= 15 is 0 Å². The average Bonchev–Trinajstić information content (AvgIpc) is 3.21. The van der Waals surface area contributed by atoms with E-state index in [4.69, 9.17) is 23.2 Å². The Hall–Kier alpha value is -2.16. The first kappa shape index (κ1) is 20.1. The van der Waals surface area contributed by atoms with Gasteiger partial charge in [0, 0.05) is 37.9 Å². The summed E-state index contributed by atoms with van der Waals surface area (Å²) in [5.74, 6) is 2.26. The van der Waals surface area contributed by atoms with Crippen LogP contribution in [0, 0.1) is 20.8 Å². The number of aryl methyl sites for hydroxylation is 2. The third kappa shape index (κ3) is 3.97. The molecule has 0 radical (unpaired) electrons. The first-order chi connectivity index (χ1) is 13.8. The molecule has 0 aliphatic carbocycles. The predicted molar refractivity (Wildman–Crippen MR) is 116 cm³/mol. The third-order valence-electron chi connectivity index (χ3n) is 5.09. The van der Waals surface area contributed by atoms with Crippen molar-refractivity contribution in [2.45, 2.75) is 20.8 Å². The Kier molecular flexibility index (Phi) is 5.50. The Morgan fingerprint density at radius 1 is 1.03 bits per heavy atom. The molecule has 4 heterocycles. The van der Waals surface area contributed by atoms with Gasteiger partial charge in [0.2, 0.25) is 0 Å². The van der Waals surface area contributed by atoms with Gasteiger partial charge in [-0.05, 0) is 26.8 Å². The Balaban J connectivity index is 1.51. The molecule has 1 amide bonds. The molecule has 1 aliphatic heterocycles. The second-order valence-electron chi connectivity index (χ2n) is 6.93. The lowest BCUT2D eigenvalue weighted by molar-refractivity contribution is 0.0747. The van der Waals surface area contributed by atoms with E-state index in [-0.39, 0.29) is 5.91 Å². The van der Waals surface area contributed by atoms with Crippen LogP contribution in [0.4, 0.5) is 5.82 Å². The van der Waals surface area contributed by atoms with Gasteiger partial charge in [-0.25, -0.2) is 15.0 Å². The molecule has 7 nitrogen and oxygen atoms in total. The molecule has 3 aromatic heterocycles.